The van der Waals surface area contributed by atoms with Gasteiger partial charge in [-0.05, 0) is 91.9 Å². The van der Waals surface area contributed by atoms with E-state index < -0.39 is 0 Å². The summed E-state index contributed by atoms with van der Waals surface area (Å²) < 4.78 is 0. The van der Waals surface area contributed by atoms with Crippen LogP contribution in [0.5, 0.6) is 0 Å². The molecule has 0 heterocycles. The zero-order valence-corrected chi connectivity index (χ0v) is 20.9. The predicted molar refractivity (Wildman–Crippen MR) is 130 cm³/mol. The number of allylic oxidation sites excluding steroid dienone is 7. The Hall–Kier alpha value is -1.61. The molecule has 3 nitrogen and oxygen atoms in total. The van der Waals surface area contributed by atoms with Crippen molar-refractivity contribution < 1.29 is 9.90 Å². The topological polar surface area (TPSA) is 63.3 Å². The number of ketones is 1. The maximum atomic E-state index is 12.5. The van der Waals surface area contributed by atoms with Gasteiger partial charge in [0, 0.05) is 11.0 Å². The maximum absolute atomic E-state index is 12.5. The summed E-state index contributed by atoms with van der Waals surface area (Å²) in [5.74, 6) is 1.84. The largest absolute Gasteiger partial charge is 0.504 e. The van der Waals surface area contributed by atoms with Gasteiger partial charge in [-0.25, -0.2) is 0 Å². The summed E-state index contributed by atoms with van der Waals surface area (Å²) in [6.45, 7) is 16.4. The van der Waals surface area contributed by atoms with Crippen LogP contribution in [0.3, 0.4) is 0 Å². The molecule has 172 valence electrons. The van der Waals surface area contributed by atoms with E-state index in [-0.39, 0.29) is 22.4 Å². The first-order chi connectivity index (χ1) is 14.4. The second-order valence-electron chi connectivity index (χ2n) is 11.7. The number of aliphatic hydroxyl groups excluding tert-OH is 1. The second-order valence-corrected chi connectivity index (χ2v) is 11.7. The standard InChI is InChI=1S/C27H38O2.CH5N/c1-16(2)14-21-19-10-11-26(6)20-15-22(28)24(29)17(3)18(20)8-9-23(26)27(19,7)13-12-25(21,4)5;1-2/h8-9,15-16,19,21,29H,10-14H2,1-7H3;2H2,1H3. The van der Waals surface area contributed by atoms with Crippen LogP contribution in [0.25, 0.3) is 0 Å². The highest BCUT2D eigenvalue weighted by Gasteiger charge is 2.58. The van der Waals surface area contributed by atoms with Crippen LogP contribution in [-0.2, 0) is 4.79 Å². The van der Waals surface area contributed by atoms with Crippen LogP contribution in [0, 0.1) is 34.0 Å². The number of hydrogen-bond acceptors (Lipinski definition) is 3. The molecule has 0 spiro atoms. The zero-order chi connectivity index (χ0) is 23.4. The maximum Gasteiger partial charge on any atom is 0.220 e. The number of carbonyl (C=O) groups is 1. The fraction of sp³-hybridized carbons (Fsp3) is 0.679. The number of aliphatic hydroxyl groups is 1. The average Bonchev–Trinajstić information content (AvgIpc) is 2.71. The number of nitrogens with two attached hydrogens (primary N) is 1. The lowest BCUT2D eigenvalue weighted by atomic mass is 9.42. The Morgan fingerprint density at radius 3 is 2.35 bits per heavy atom. The van der Waals surface area contributed by atoms with Gasteiger partial charge in [0.2, 0.25) is 5.78 Å². The summed E-state index contributed by atoms with van der Waals surface area (Å²) in [5, 5.41) is 10.2. The van der Waals surface area contributed by atoms with Gasteiger partial charge in [0.25, 0.3) is 0 Å². The van der Waals surface area contributed by atoms with Gasteiger partial charge in [0.1, 0.15) is 0 Å². The quantitative estimate of drug-likeness (QED) is 0.519. The highest BCUT2D eigenvalue weighted by molar-refractivity contribution is 6.06. The molecule has 0 radical (unpaired) electrons. The highest BCUT2D eigenvalue weighted by Crippen LogP contribution is 2.68. The van der Waals surface area contributed by atoms with Gasteiger partial charge < -0.3 is 10.8 Å². The van der Waals surface area contributed by atoms with Crippen LogP contribution in [0.1, 0.15) is 80.6 Å². The molecular weight excluding hydrogens is 382 g/mol. The Bertz CT molecular complexity index is 885. The lowest BCUT2D eigenvalue weighted by Gasteiger charge is -2.62. The molecule has 4 rings (SSSR count). The van der Waals surface area contributed by atoms with E-state index in [9.17, 15) is 9.90 Å². The number of rotatable bonds is 2. The summed E-state index contributed by atoms with van der Waals surface area (Å²) in [7, 11) is 1.50. The van der Waals surface area contributed by atoms with Gasteiger partial charge in [-0.3, -0.25) is 4.79 Å². The molecule has 0 amide bonds. The Morgan fingerprint density at radius 2 is 1.74 bits per heavy atom. The van der Waals surface area contributed by atoms with E-state index in [4.69, 9.17) is 0 Å². The third-order valence-corrected chi connectivity index (χ3v) is 9.06. The van der Waals surface area contributed by atoms with Crippen LogP contribution in [0.4, 0.5) is 0 Å². The second kappa shape index (κ2) is 8.06. The average molecular weight is 426 g/mol. The Balaban J connectivity index is 0.00000132. The molecule has 4 atom stereocenters. The Morgan fingerprint density at radius 1 is 1.10 bits per heavy atom. The van der Waals surface area contributed by atoms with Crippen molar-refractivity contribution >= 4 is 5.78 Å². The van der Waals surface area contributed by atoms with Gasteiger partial charge in [-0.15, -0.1) is 0 Å². The molecule has 4 unspecified atom stereocenters. The summed E-state index contributed by atoms with van der Waals surface area (Å²) in [4.78, 5) is 12.5. The molecule has 3 N–H and O–H groups in total. The number of fused-ring (bicyclic) bond motifs is 5. The zero-order valence-electron chi connectivity index (χ0n) is 20.9. The molecule has 4 aliphatic rings. The van der Waals surface area contributed by atoms with Crippen molar-refractivity contribution in [2.45, 2.75) is 80.6 Å². The van der Waals surface area contributed by atoms with Crippen LogP contribution in [-0.4, -0.2) is 17.9 Å². The van der Waals surface area contributed by atoms with E-state index in [2.05, 4.69) is 59.4 Å². The third-order valence-electron chi connectivity index (χ3n) is 9.06. The van der Waals surface area contributed by atoms with Crippen molar-refractivity contribution in [1.82, 2.24) is 0 Å². The molecule has 0 aromatic rings. The van der Waals surface area contributed by atoms with E-state index in [0.29, 0.717) is 11.3 Å². The first-order valence-corrected chi connectivity index (χ1v) is 12.1. The van der Waals surface area contributed by atoms with Crippen molar-refractivity contribution in [2.24, 2.45) is 39.7 Å². The first-order valence-electron chi connectivity index (χ1n) is 12.1. The van der Waals surface area contributed by atoms with Crippen LogP contribution in [0.15, 0.2) is 46.3 Å². The van der Waals surface area contributed by atoms with Crippen molar-refractivity contribution in [3.63, 3.8) is 0 Å². The van der Waals surface area contributed by atoms with Crippen LogP contribution < -0.4 is 5.73 Å². The summed E-state index contributed by atoms with van der Waals surface area (Å²) in [6, 6.07) is 0. The molecule has 0 bridgehead atoms. The molecule has 0 aliphatic heterocycles. The Labute approximate surface area is 189 Å². The van der Waals surface area contributed by atoms with Crippen molar-refractivity contribution in [1.29, 1.82) is 0 Å². The summed E-state index contributed by atoms with van der Waals surface area (Å²) in [6.07, 6.45) is 12.4. The molecular formula is C28H43NO2. The normalized spacial score (nSPS) is 36.3. The van der Waals surface area contributed by atoms with Gasteiger partial charge in [-0.2, -0.15) is 0 Å². The molecule has 0 saturated heterocycles. The minimum Gasteiger partial charge on any atom is -0.504 e. The van der Waals surface area contributed by atoms with Crippen molar-refractivity contribution in [3.05, 3.63) is 46.3 Å². The molecule has 0 aromatic heterocycles. The van der Waals surface area contributed by atoms with Gasteiger partial charge in [0.15, 0.2) is 5.76 Å². The van der Waals surface area contributed by atoms with E-state index >= 15 is 0 Å². The van der Waals surface area contributed by atoms with E-state index in [0.717, 1.165) is 35.0 Å². The van der Waals surface area contributed by atoms with Crippen LogP contribution >= 0.6 is 0 Å². The van der Waals surface area contributed by atoms with Gasteiger partial charge in [-0.1, -0.05) is 59.3 Å². The molecule has 2 saturated carbocycles. The molecule has 0 aromatic carbocycles. The number of hydrogen-bond donors (Lipinski definition) is 2. The van der Waals surface area contributed by atoms with Crippen molar-refractivity contribution in [2.75, 3.05) is 7.05 Å². The fourth-order valence-electron chi connectivity index (χ4n) is 7.28. The van der Waals surface area contributed by atoms with Gasteiger partial charge >= 0.3 is 0 Å². The lowest BCUT2D eigenvalue weighted by Crippen LogP contribution is -2.53. The smallest absolute Gasteiger partial charge is 0.220 e. The van der Waals surface area contributed by atoms with E-state index in [1.807, 2.05) is 6.92 Å². The predicted octanol–water partition coefficient (Wildman–Crippen LogP) is 6.67. The van der Waals surface area contributed by atoms with Gasteiger partial charge in [0.05, 0.1) is 0 Å². The Kier molecular flexibility index (Phi) is 6.25. The molecule has 31 heavy (non-hydrogen) atoms. The molecule has 3 heteroatoms. The third kappa shape index (κ3) is 3.57. The minimum absolute atomic E-state index is 0.0863. The van der Waals surface area contributed by atoms with E-state index in [1.54, 1.807) is 6.08 Å². The monoisotopic (exact) mass is 425 g/mol. The van der Waals surface area contributed by atoms with Crippen LogP contribution in [0.2, 0.25) is 0 Å². The lowest BCUT2D eigenvalue weighted by molar-refractivity contribution is -0.113. The fourth-order valence-corrected chi connectivity index (χ4v) is 7.28. The van der Waals surface area contributed by atoms with Crippen molar-refractivity contribution in [3.8, 4) is 0 Å². The minimum atomic E-state index is -0.230. The highest BCUT2D eigenvalue weighted by atomic mass is 16.3. The summed E-state index contributed by atoms with van der Waals surface area (Å²) >= 11 is 0. The SMILES string of the molecule is CC1=C(O)C(=O)C=C2C1=CC=C1C2(C)CCC2C(CC(C)C)C(C)(C)CCC12C.CN. The summed E-state index contributed by atoms with van der Waals surface area (Å²) in [5.41, 5.74) is 9.44. The number of carbonyl (C=O) groups excluding carboxylic acids is 1. The van der Waals surface area contributed by atoms with E-state index in [1.165, 1.54) is 38.3 Å². The molecule has 2 fully saturated rings. The first kappa shape index (κ1) is 24.0. The molecule has 4 aliphatic carbocycles.